The third-order valence-corrected chi connectivity index (χ3v) is 13.4. The molecule has 0 amide bonds. The number of carbonyl (C=O) groups excluding carboxylic acids is 3. The normalized spacial score (nSPS) is 12.6. The van der Waals surface area contributed by atoms with E-state index in [1.54, 1.807) is 0 Å². The Morgan fingerprint density at radius 1 is 0.288 bits per heavy atom. The van der Waals surface area contributed by atoms with E-state index in [0.717, 1.165) is 83.5 Å². The first-order valence-corrected chi connectivity index (χ1v) is 31.1. The molecule has 0 aliphatic heterocycles. The molecule has 6 nitrogen and oxygen atoms in total. The highest BCUT2D eigenvalue weighted by Gasteiger charge is 2.19. The summed E-state index contributed by atoms with van der Waals surface area (Å²) in [6.45, 7) is 6.42. The van der Waals surface area contributed by atoms with E-state index in [9.17, 15) is 14.4 Å². The number of hydrogen-bond donors (Lipinski definition) is 0. The molecule has 1 atom stereocenters. The second kappa shape index (κ2) is 61.1. The van der Waals surface area contributed by atoms with Crippen molar-refractivity contribution in [2.75, 3.05) is 13.2 Å². The molecule has 0 radical (unpaired) electrons. The number of ether oxygens (including phenoxy) is 3. The highest BCUT2D eigenvalue weighted by atomic mass is 16.6. The largest absolute Gasteiger partial charge is 0.462 e. The zero-order chi connectivity index (χ0) is 52.9. The fraction of sp³-hybridized carbons (Fsp3) is 0.746. The van der Waals surface area contributed by atoms with Crippen molar-refractivity contribution in [3.05, 3.63) is 85.1 Å². The lowest BCUT2D eigenvalue weighted by atomic mass is 10.0. The van der Waals surface area contributed by atoms with Crippen LogP contribution in [0.15, 0.2) is 85.1 Å². The third kappa shape index (κ3) is 59.3. The lowest BCUT2D eigenvalue weighted by Crippen LogP contribution is -2.30. The summed E-state index contributed by atoms with van der Waals surface area (Å²) in [5.74, 6) is -0.992. The zero-order valence-corrected chi connectivity index (χ0v) is 48.1. The van der Waals surface area contributed by atoms with Gasteiger partial charge in [-0.1, -0.05) is 273 Å². The predicted molar refractivity (Wildman–Crippen MR) is 316 cm³/mol. The topological polar surface area (TPSA) is 78.9 Å². The maximum Gasteiger partial charge on any atom is 0.306 e. The Morgan fingerprint density at radius 3 is 0.945 bits per heavy atom. The summed E-state index contributed by atoms with van der Waals surface area (Å²) in [5.41, 5.74) is 0. The molecule has 0 aliphatic rings. The van der Waals surface area contributed by atoms with Gasteiger partial charge in [-0.2, -0.15) is 0 Å². The fourth-order valence-electron chi connectivity index (χ4n) is 8.70. The average molecular weight is 1020 g/mol. The summed E-state index contributed by atoms with van der Waals surface area (Å²) >= 11 is 0. The minimum atomic E-state index is -0.816. The smallest absolute Gasteiger partial charge is 0.306 e. The second-order valence-corrected chi connectivity index (χ2v) is 20.6. The quantitative estimate of drug-likeness (QED) is 0.0261. The highest BCUT2D eigenvalue weighted by molar-refractivity contribution is 5.71. The molecule has 0 aromatic carbocycles. The molecule has 6 heteroatoms. The maximum atomic E-state index is 12.8. The molecule has 0 spiro atoms. The zero-order valence-electron chi connectivity index (χ0n) is 48.1. The van der Waals surface area contributed by atoms with Crippen LogP contribution in [0.5, 0.6) is 0 Å². The molecule has 0 saturated heterocycles. The van der Waals surface area contributed by atoms with Crippen molar-refractivity contribution in [3.63, 3.8) is 0 Å². The number of hydrogen-bond acceptors (Lipinski definition) is 6. The van der Waals surface area contributed by atoms with E-state index in [1.165, 1.54) is 173 Å². The van der Waals surface area contributed by atoms with Gasteiger partial charge < -0.3 is 14.2 Å². The first-order chi connectivity index (χ1) is 36.0. The van der Waals surface area contributed by atoms with Crippen molar-refractivity contribution >= 4 is 17.9 Å². The molecule has 0 bridgehead atoms. The summed E-state index contributed by atoms with van der Waals surface area (Å²) in [7, 11) is 0. The summed E-state index contributed by atoms with van der Waals surface area (Å²) < 4.78 is 16.8. The molecule has 0 aliphatic carbocycles. The van der Waals surface area contributed by atoms with Crippen molar-refractivity contribution in [1.29, 1.82) is 0 Å². The van der Waals surface area contributed by atoms with Gasteiger partial charge in [0.2, 0.25) is 0 Å². The Balaban J connectivity index is 4.13. The Kier molecular flexibility index (Phi) is 58.3. The lowest BCUT2D eigenvalue weighted by Gasteiger charge is -2.18. The van der Waals surface area contributed by atoms with Crippen molar-refractivity contribution in [2.45, 2.75) is 309 Å². The molecule has 0 aromatic rings. The predicted octanol–water partition coefficient (Wildman–Crippen LogP) is 21.1. The van der Waals surface area contributed by atoms with Crippen LogP contribution >= 0.6 is 0 Å². The minimum Gasteiger partial charge on any atom is -0.462 e. The lowest BCUT2D eigenvalue weighted by molar-refractivity contribution is -0.166. The summed E-state index contributed by atoms with van der Waals surface area (Å²) in [5, 5.41) is 0. The van der Waals surface area contributed by atoms with Crippen molar-refractivity contribution in [1.82, 2.24) is 0 Å². The molecule has 0 heterocycles. The van der Waals surface area contributed by atoms with Gasteiger partial charge in [0.05, 0.1) is 0 Å². The summed E-state index contributed by atoms with van der Waals surface area (Å²) in [6, 6.07) is 0. The van der Waals surface area contributed by atoms with Crippen LogP contribution in [0.2, 0.25) is 0 Å². The number of unbranched alkanes of at least 4 members (excludes halogenated alkanes) is 31. The van der Waals surface area contributed by atoms with Crippen LogP contribution in [-0.2, 0) is 28.6 Å². The van der Waals surface area contributed by atoms with Crippen molar-refractivity contribution in [3.8, 4) is 0 Å². The Bertz CT molecular complexity index is 1400. The molecular weight excluding hydrogens is 901 g/mol. The van der Waals surface area contributed by atoms with Crippen LogP contribution in [0, 0.1) is 0 Å². The summed E-state index contributed by atoms with van der Waals surface area (Å²) in [4.78, 5) is 38.0. The minimum absolute atomic E-state index is 0.106. The summed E-state index contributed by atoms with van der Waals surface area (Å²) in [6.07, 6.45) is 80.6. The van der Waals surface area contributed by atoms with Crippen molar-refractivity contribution in [2.24, 2.45) is 0 Å². The number of allylic oxidation sites excluding steroid dienone is 14. The van der Waals surface area contributed by atoms with Gasteiger partial charge in [0.25, 0.3) is 0 Å². The van der Waals surface area contributed by atoms with Gasteiger partial charge in [-0.15, -0.1) is 0 Å². The first kappa shape index (κ1) is 69.6. The van der Waals surface area contributed by atoms with E-state index < -0.39 is 12.1 Å². The molecule has 0 fully saturated rings. The van der Waals surface area contributed by atoms with Gasteiger partial charge in [-0.05, 0) is 96.3 Å². The Labute approximate surface area is 452 Å². The number of esters is 3. The van der Waals surface area contributed by atoms with E-state index in [-0.39, 0.29) is 31.6 Å². The third-order valence-electron chi connectivity index (χ3n) is 13.4. The molecular formula is C67H116O6. The van der Waals surface area contributed by atoms with Crippen LogP contribution in [0.3, 0.4) is 0 Å². The van der Waals surface area contributed by atoms with Crippen LogP contribution in [-0.4, -0.2) is 37.2 Å². The molecule has 1 unspecified atom stereocenters. The van der Waals surface area contributed by atoms with Gasteiger partial charge >= 0.3 is 17.9 Å². The van der Waals surface area contributed by atoms with Gasteiger partial charge in [0.1, 0.15) is 13.2 Å². The second-order valence-electron chi connectivity index (χ2n) is 20.6. The van der Waals surface area contributed by atoms with E-state index in [0.29, 0.717) is 19.3 Å². The van der Waals surface area contributed by atoms with Gasteiger partial charge in [-0.3, -0.25) is 14.4 Å². The highest BCUT2D eigenvalue weighted by Crippen LogP contribution is 2.16. The van der Waals surface area contributed by atoms with Crippen LogP contribution in [0.1, 0.15) is 303 Å². The van der Waals surface area contributed by atoms with Crippen LogP contribution in [0.4, 0.5) is 0 Å². The standard InChI is InChI=1S/C67H116O6/c1-4-7-10-13-16-19-22-24-25-26-27-28-29-30-31-32-33-34-35-36-37-38-39-40-41-43-45-48-51-54-57-60-66(69)72-63-64(62-71-65(68)59-56-53-50-47-44-21-18-15-12-9-6-3)73-67(70)61-58-55-52-49-46-42-23-20-17-14-11-8-5-2/h8,11,15,17-18,20,22,24,26-27,42,46,52,55,64H,4-7,9-10,12-14,16,19,21,23,25,28-41,43-45,47-51,53-54,56-63H2,1-3H3/b11-8-,18-15-,20-17-,24-22-,27-26-,46-42-,55-52-. The van der Waals surface area contributed by atoms with Crippen molar-refractivity contribution < 1.29 is 28.6 Å². The van der Waals surface area contributed by atoms with E-state index in [4.69, 9.17) is 14.2 Å². The molecule has 0 N–H and O–H groups in total. The Morgan fingerprint density at radius 2 is 0.575 bits per heavy atom. The van der Waals surface area contributed by atoms with E-state index in [2.05, 4.69) is 93.7 Å². The van der Waals surface area contributed by atoms with E-state index in [1.807, 2.05) is 12.2 Å². The molecule has 0 rings (SSSR count). The van der Waals surface area contributed by atoms with Crippen LogP contribution in [0.25, 0.3) is 0 Å². The Hall–Kier alpha value is -3.41. The van der Waals surface area contributed by atoms with E-state index >= 15 is 0 Å². The number of rotatable bonds is 56. The molecule has 73 heavy (non-hydrogen) atoms. The first-order valence-electron chi connectivity index (χ1n) is 31.1. The average Bonchev–Trinajstić information content (AvgIpc) is 3.39. The number of carbonyl (C=O) groups is 3. The maximum absolute atomic E-state index is 12.8. The fourth-order valence-corrected chi connectivity index (χ4v) is 8.70. The van der Waals surface area contributed by atoms with Crippen LogP contribution < -0.4 is 0 Å². The molecule has 0 aromatic heterocycles. The molecule has 0 saturated carbocycles. The van der Waals surface area contributed by atoms with Gasteiger partial charge in [0.15, 0.2) is 6.10 Å². The monoisotopic (exact) mass is 1020 g/mol. The molecule has 420 valence electrons. The SMILES string of the molecule is CC/C=C\C/C=C\C/C=C\C/C=C\CCC(=O)OC(COC(=O)CCCCCCC/C=C\CCCC)COC(=O)CCCCCCCCCCCCCCCCCCCCC/C=C\C/C=C\CCCCCCC. The van der Waals surface area contributed by atoms with Gasteiger partial charge in [0, 0.05) is 19.3 Å². The van der Waals surface area contributed by atoms with Gasteiger partial charge in [-0.25, -0.2) is 0 Å².